The van der Waals surface area contributed by atoms with Crippen LogP contribution in [-0.2, 0) is 4.74 Å². The molecule has 0 bridgehead atoms. The third-order valence-electron chi connectivity index (χ3n) is 4.47. The highest BCUT2D eigenvalue weighted by atomic mass is 16.5. The summed E-state index contributed by atoms with van der Waals surface area (Å²) < 4.78 is 6.86. The fourth-order valence-electron chi connectivity index (χ4n) is 3.01. The lowest BCUT2D eigenvalue weighted by atomic mass is 10.1. The Morgan fingerprint density at radius 2 is 1.83 bits per heavy atom. The number of para-hydroxylation sites is 1. The maximum atomic E-state index is 12.4. The third-order valence-corrected chi connectivity index (χ3v) is 4.47. The fraction of sp³-hybridized carbons (Fsp3) is 0.190. The molecule has 1 atom stereocenters. The number of carbonyl (C=O) groups excluding carboxylic acids is 1. The summed E-state index contributed by atoms with van der Waals surface area (Å²) in [6, 6.07) is 17.0. The molecule has 2 heterocycles. The minimum absolute atomic E-state index is 0.146. The van der Waals surface area contributed by atoms with Gasteiger partial charge in [0.15, 0.2) is 5.69 Å². The number of nitrogens with one attached hydrogen (secondary N) is 1. The van der Waals surface area contributed by atoms with Gasteiger partial charge >= 0.3 is 5.97 Å². The number of rotatable bonds is 6. The normalized spacial score (nSPS) is 11.9. The van der Waals surface area contributed by atoms with E-state index in [1.165, 1.54) is 0 Å². The summed E-state index contributed by atoms with van der Waals surface area (Å²) in [6.45, 7) is 3.96. The molecule has 146 valence electrons. The molecule has 0 aliphatic heterocycles. The van der Waals surface area contributed by atoms with Crippen LogP contribution in [0.1, 0.15) is 36.1 Å². The standard InChI is InChI=1S/C21H20N6O2/c1-3-29-21(28)20-19(16-11-7-8-12-17(16)23-25-20)22-14(2)18-13-27(26-24-18)15-9-5-4-6-10-15/h4-14H,3H2,1-2H3,(H,22,23). The van der Waals surface area contributed by atoms with Gasteiger partial charge in [-0.3, -0.25) is 0 Å². The summed E-state index contributed by atoms with van der Waals surface area (Å²) in [5, 5.41) is 20.9. The Balaban J connectivity index is 1.69. The monoisotopic (exact) mass is 388 g/mol. The summed E-state index contributed by atoms with van der Waals surface area (Å²) in [5.74, 6) is -0.520. The number of aromatic nitrogens is 5. The van der Waals surface area contributed by atoms with Crippen molar-refractivity contribution in [1.29, 1.82) is 0 Å². The second-order valence-corrected chi connectivity index (χ2v) is 6.45. The maximum Gasteiger partial charge on any atom is 0.361 e. The molecule has 0 aliphatic carbocycles. The van der Waals surface area contributed by atoms with Crippen LogP contribution in [0.25, 0.3) is 16.6 Å². The quantitative estimate of drug-likeness (QED) is 0.505. The van der Waals surface area contributed by atoms with Crippen LogP contribution >= 0.6 is 0 Å². The van der Waals surface area contributed by atoms with E-state index in [2.05, 4.69) is 25.8 Å². The van der Waals surface area contributed by atoms with Crippen molar-refractivity contribution in [2.75, 3.05) is 11.9 Å². The molecule has 8 heteroatoms. The second kappa shape index (κ2) is 8.05. The van der Waals surface area contributed by atoms with Crippen molar-refractivity contribution in [3.8, 4) is 5.69 Å². The van der Waals surface area contributed by atoms with E-state index in [1.807, 2.05) is 67.7 Å². The molecule has 0 saturated heterocycles. The summed E-state index contributed by atoms with van der Waals surface area (Å²) in [4.78, 5) is 12.4. The molecule has 2 aromatic carbocycles. The van der Waals surface area contributed by atoms with E-state index in [1.54, 1.807) is 11.6 Å². The van der Waals surface area contributed by atoms with E-state index in [0.29, 0.717) is 11.2 Å². The first-order valence-corrected chi connectivity index (χ1v) is 9.34. The van der Waals surface area contributed by atoms with Crippen LogP contribution in [0.4, 0.5) is 5.69 Å². The van der Waals surface area contributed by atoms with E-state index in [9.17, 15) is 4.79 Å². The molecule has 0 saturated carbocycles. The molecule has 0 aliphatic rings. The molecular weight excluding hydrogens is 368 g/mol. The van der Waals surface area contributed by atoms with Crippen LogP contribution in [0.5, 0.6) is 0 Å². The Bertz CT molecular complexity index is 1140. The van der Waals surface area contributed by atoms with Crippen molar-refractivity contribution >= 4 is 22.6 Å². The van der Waals surface area contributed by atoms with E-state index < -0.39 is 5.97 Å². The summed E-state index contributed by atoms with van der Waals surface area (Å²) >= 11 is 0. The number of hydrogen-bond donors (Lipinski definition) is 1. The van der Waals surface area contributed by atoms with Crippen molar-refractivity contribution < 1.29 is 9.53 Å². The summed E-state index contributed by atoms with van der Waals surface area (Å²) in [6.07, 6.45) is 1.86. The maximum absolute atomic E-state index is 12.4. The Labute approximate surface area is 167 Å². The average Bonchev–Trinajstić information content (AvgIpc) is 3.25. The van der Waals surface area contributed by atoms with E-state index >= 15 is 0 Å². The minimum Gasteiger partial charge on any atom is -0.461 e. The number of esters is 1. The van der Waals surface area contributed by atoms with Crippen molar-refractivity contribution in [1.82, 2.24) is 25.2 Å². The van der Waals surface area contributed by atoms with Gasteiger partial charge in [0.05, 0.1) is 35.7 Å². The van der Waals surface area contributed by atoms with E-state index in [4.69, 9.17) is 4.74 Å². The summed E-state index contributed by atoms with van der Waals surface area (Å²) in [5.41, 5.74) is 3.04. The first kappa shape index (κ1) is 18.5. The van der Waals surface area contributed by atoms with Gasteiger partial charge in [0.1, 0.15) is 5.69 Å². The third kappa shape index (κ3) is 3.77. The highest BCUT2D eigenvalue weighted by Crippen LogP contribution is 2.28. The zero-order valence-electron chi connectivity index (χ0n) is 16.1. The highest BCUT2D eigenvalue weighted by molar-refractivity contribution is 6.03. The van der Waals surface area contributed by atoms with Gasteiger partial charge in [-0.1, -0.05) is 41.6 Å². The number of nitrogens with zero attached hydrogens (tertiary/aromatic N) is 5. The predicted molar refractivity (Wildman–Crippen MR) is 109 cm³/mol. The second-order valence-electron chi connectivity index (χ2n) is 6.45. The molecule has 29 heavy (non-hydrogen) atoms. The fourth-order valence-corrected chi connectivity index (χ4v) is 3.01. The predicted octanol–water partition coefficient (Wildman–Crippen LogP) is 3.56. The van der Waals surface area contributed by atoms with E-state index in [-0.39, 0.29) is 18.3 Å². The number of benzene rings is 2. The van der Waals surface area contributed by atoms with Crippen LogP contribution in [0.3, 0.4) is 0 Å². The topological polar surface area (TPSA) is 94.8 Å². The molecule has 0 spiro atoms. The summed E-state index contributed by atoms with van der Waals surface area (Å²) in [7, 11) is 0. The van der Waals surface area contributed by atoms with Crippen molar-refractivity contribution in [3.05, 3.63) is 72.2 Å². The number of anilines is 1. The molecular formula is C21H20N6O2. The smallest absolute Gasteiger partial charge is 0.361 e. The van der Waals surface area contributed by atoms with Crippen molar-refractivity contribution in [3.63, 3.8) is 0 Å². The Morgan fingerprint density at radius 1 is 1.07 bits per heavy atom. The zero-order chi connectivity index (χ0) is 20.2. The van der Waals surface area contributed by atoms with Crippen LogP contribution in [0.15, 0.2) is 60.8 Å². The minimum atomic E-state index is -0.520. The Hall–Kier alpha value is -3.81. The van der Waals surface area contributed by atoms with Gasteiger partial charge in [-0.05, 0) is 32.0 Å². The van der Waals surface area contributed by atoms with Gasteiger partial charge in [-0.25, -0.2) is 9.48 Å². The van der Waals surface area contributed by atoms with Crippen molar-refractivity contribution in [2.45, 2.75) is 19.9 Å². The van der Waals surface area contributed by atoms with Crippen LogP contribution in [0, 0.1) is 0 Å². The molecule has 0 fully saturated rings. The zero-order valence-corrected chi connectivity index (χ0v) is 16.1. The van der Waals surface area contributed by atoms with Gasteiger partial charge in [0, 0.05) is 5.39 Å². The van der Waals surface area contributed by atoms with Gasteiger partial charge in [-0.15, -0.1) is 15.3 Å². The van der Waals surface area contributed by atoms with Gasteiger partial charge in [-0.2, -0.15) is 0 Å². The lowest BCUT2D eigenvalue weighted by Gasteiger charge is -2.16. The SMILES string of the molecule is CCOC(=O)c1nnc2ccccc2c1NC(C)c1cn(-c2ccccc2)nn1. The first-order chi connectivity index (χ1) is 14.2. The molecule has 8 nitrogen and oxygen atoms in total. The molecule has 0 radical (unpaired) electrons. The first-order valence-electron chi connectivity index (χ1n) is 9.34. The molecule has 4 aromatic rings. The Morgan fingerprint density at radius 3 is 2.62 bits per heavy atom. The average molecular weight is 388 g/mol. The highest BCUT2D eigenvalue weighted by Gasteiger charge is 2.21. The molecule has 1 N–H and O–H groups in total. The number of hydrogen-bond acceptors (Lipinski definition) is 7. The molecule has 0 amide bonds. The molecule has 2 aromatic heterocycles. The van der Waals surface area contributed by atoms with E-state index in [0.717, 1.165) is 16.8 Å². The molecule has 1 unspecified atom stereocenters. The lowest BCUT2D eigenvalue weighted by molar-refractivity contribution is 0.0519. The largest absolute Gasteiger partial charge is 0.461 e. The number of fused-ring (bicyclic) bond motifs is 1. The number of ether oxygens (including phenoxy) is 1. The van der Waals surface area contributed by atoms with Crippen LogP contribution in [0.2, 0.25) is 0 Å². The van der Waals surface area contributed by atoms with Gasteiger partial charge in [0.2, 0.25) is 0 Å². The van der Waals surface area contributed by atoms with Gasteiger partial charge in [0.25, 0.3) is 0 Å². The van der Waals surface area contributed by atoms with Gasteiger partial charge < -0.3 is 10.1 Å². The molecule has 4 rings (SSSR count). The van der Waals surface area contributed by atoms with Crippen LogP contribution < -0.4 is 5.32 Å². The van der Waals surface area contributed by atoms with Crippen molar-refractivity contribution in [2.24, 2.45) is 0 Å². The number of carbonyl (C=O) groups is 1. The Kier molecular flexibility index (Phi) is 5.15. The van der Waals surface area contributed by atoms with Crippen LogP contribution in [-0.4, -0.2) is 37.8 Å². The lowest BCUT2D eigenvalue weighted by Crippen LogP contribution is -2.16.